The number of rotatable bonds is 11. The molecule has 0 aromatic heterocycles. The molecule has 0 radical (unpaired) electrons. The molecule has 0 aliphatic heterocycles. The third-order valence-corrected chi connectivity index (χ3v) is 7.01. The van der Waals surface area contributed by atoms with Crippen molar-refractivity contribution >= 4 is 12.4 Å². The molecule has 0 unspecified atom stereocenters. The first-order chi connectivity index (χ1) is 13.7. The van der Waals surface area contributed by atoms with E-state index in [4.69, 9.17) is 0 Å². The maximum absolute atomic E-state index is 10.9. The van der Waals surface area contributed by atoms with Crippen LogP contribution in [0.5, 0.6) is 5.75 Å². The van der Waals surface area contributed by atoms with Gasteiger partial charge in [0.1, 0.15) is 5.75 Å². The number of nitrogens with zero attached hydrogens (tertiary/aromatic N) is 1. The smallest absolute Gasteiger partial charge is 0.119 e. The van der Waals surface area contributed by atoms with Crippen molar-refractivity contribution in [1.29, 1.82) is 0 Å². The molecule has 1 aliphatic rings. The second-order valence-electron chi connectivity index (χ2n) is 10.2. The summed E-state index contributed by atoms with van der Waals surface area (Å²) < 4.78 is 0. The average Bonchev–Trinajstić information content (AvgIpc) is 2.66. The van der Waals surface area contributed by atoms with Gasteiger partial charge in [-0.25, -0.2) is 0 Å². The van der Waals surface area contributed by atoms with Crippen molar-refractivity contribution in [2.75, 3.05) is 20.6 Å². The molecule has 1 aromatic rings. The van der Waals surface area contributed by atoms with Gasteiger partial charge < -0.3 is 15.1 Å². The van der Waals surface area contributed by atoms with Crippen molar-refractivity contribution in [3.63, 3.8) is 0 Å². The third kappa shape index (κ3) is 8.05. The van der Waals surface area contributed by atoms with Gasteiger partial charge >= 0.3 is 0 Å². The summed E-state index contributed by atoms with van der Waals surface area (Å²) in [7, 11) is 4.24. The van der Waals surface area contributed by atoms with E-state index in [1.165, 1.54) is 44.1 Å². The van der Waals surface area contributed by atoms with E-state index in [2.05, 4.69) is 51.9 Å². The minimum absolute atomic E-state index is 0. The Morgan fingerprint density at radius 3 is 2.43 bits per heavy atom. The van der Waals surface area contributed by atoms with E-state index in [9.17, 15) is 10.2 Å². The van der Waals surface area contributed by atoms with Crippen LogP contribution >= 0.6 is 12.4 Å². The molecule has 1 aliphatic carbocycles. The van der Waals surface area contributed by atoms with Crippen LogP contribution in [0.25, 0.3) is 0 Å². The highest BCUT2D eigenvalue weighted by Gasteiger charge is 2.32. The third-order valence-electron chi connectivity index (χ3n) is 7.01. The van der Waals surface area contributed by atoms with Crippen LogP contribution in [0.1, 0.15) is 102 Å². The Morgan fingerprint density at radius 1 is 1.07 bits per heavy atom. The Hall–Kier alpha value is -0.770. The predicted molar refractivity (Wildman–Crippen MR) is 131 cm³/mol. The van der Waals surface area contributed by atoms with Gasteiger partial charge in [0.05, 0.1) is 6.10 Å². The van der Waals surface area contributed by atoms with Gasteiger partial charge in [0.15, 0.2) is 0 Å². The fourth-order valence-corrected chi connectivity index (χ4v) is 5.02. The summed E-state index contributed by atoms with van der Waals surface area (Å²) in [4.78, 5) is 2.24. The number of aliphatic hydroxyl groups is 1. The van der Waals surface area contributed by atoms with E-state index in [-0.39, 0.29) is 29.8 Å². The van der Waals surface area contributed by atoms with Crippen LogP contribution in [0.3, 0.4) is 0 Å². The summed E-state index contributed by atoms with van der Waals surface area (Å²) >= 11 is 0. The number of hydrogen-bond acceptors (Lipinski definition) is 3. The first-order valence-electron chi connectivity index (χ1n) is 11.9. The van der Waals surface area contributed by atoms with Gasteiger partial charge in [-0.2, -0.15) is 0 Å². The lowest BCUT2D eigenvalue weighted by Crippen LogP contribution is -2.27. The van der Waals surface area contributed by atoms with Gasteiger partial charge in [-0.05, 0) is 93.6 Å². The molecule has 1 fully saturated rings. The number of unbranched alkanes of at least 4 members (excludes halogenated alkanes) is 3. The Labute approximate surface area is 191 Å². The monoisotopic (exact) mass is 439 g/mol. The summed E-state index contributed by atoms with van der Waals surface area (Å²) in [5.41, 5.74) is 2.36. The van der Waals surface area contributed by atoms with Crippen LogP contribution < -0.4 is 0 Å². The van der Waals surface area contributed by atoms with Crippen LogP contribution in [0, 0.1) is 5.92 Å². The Bertz CT molecular complexity index is 617. The summed E-state index contributed by atoms with van der Waals surface area (Å²) in [5, 5.41) is 21.2. The maximum Gasteiger partial charge on any atom is 0.119 e. The van der Waals surface area contributed by atoms with E-state index < -0.39 is 0 Å². The van der Waals surface area contributed by atoms with E-state index >= 15 is 0 Å². The molecule has 4 heteroatoms. The Morgan fingerprint density at radius 2 is 1.80 bits per heavy atom. The lowest BCUT2D eigenvalue weighted by molar-refractivity contribution is 0.0891. The first-order valence-corrected chi connectivity index (χ1v) is 11.9. The first kappa shape index (κ1) is 27.3. The second kappa shape index (κ2) is 12.9. The summed E-state index contributed by atoms with van der Waals surface area (Å²) in [6.07, 6.45) is 11.1. The molecular weight excluding hydrogens is 394 g/mol. The van der Waals surface area contributed by atoms with Gasteiger partial charge in [0, 0.05) is 0 Å². The molecule has 1 saturated carbocycles. The molecule has 30 heavy (non-hydrogen) atoms. The molecule has 0 amide bonds. The SMILES string of the molecule is CCCCCCC(C)(C)c1ccc([C@@H]2C[C@H](O)CC[C@H]2CCCN(C)C)c(O)c1.Cl. The molecule has 0 heterocycles. The number of phenols is 1. The number of phenolic OH excluding ortho intramolecular Hbond substituents is 1. The molecule has 1 aromatic carbocycles. The lowest BCUT2D eigenvalue weighted by atomic mass is 9.71. The summed E-state index contributed by atoms with van der Waals surface area (Å²) in [5.74, 6) is 1.25. The zero-order valence-corrected chi connectivity index (χ0v) is 20.8. The highest BCUT2D eigenvalue weighted by atomic mass is 35.5. The minimum atomic E-state index is -0.237. The number of benzene rings is 1. The zero-order valence-electron chi connectivity index (χ0n) is 20.0. The zero-order chi connectivity index (χ0) is 21.4. The second-order valence-corrected chi connectivity index (χ2v) is 10.2. The lowest BCUT2D eigenvalue weighted by Gasteiger charge is -2.36. The molecule has 0 bridgehead atoms. The van der Waals surface area contributed by atoms with Gasteiger partial charge in [-0.15, -0.1) is 12.4 Å². The van der Waals surface area contributed by atoms with Crippen LogP contribution in [0.4, 0.5) is 0 Å². The normalized spacial score (nSPS) is 22.2. The van der Waals surface area contributed by atoms with Gasteiger partial charge in [-0.3, -0.25) is 0 Å². The highest BCUT2D eigenvalue weighted by molar-refractivity contribution is 5.85. The molecule has 0 saturated heterocycles. The number of aliphatic hydroxyl groups excluding tert-OH is 1. The van der Waals surface area contributed by atoms with Gasteiger partial charge in [-0.1, -0.05) is 58.6 Å². The largest absolute Gasteiger partial charge is 0.508 e. The van der Waals surface area contributed by atoms with Crippen LogP contribution in [0.2, 0.25) is 0 Å². The molecule has 2 N–H and O–H groups in total. The maximum atomic E-state index is 10.9. The summed E-state index contributed by atoms with van der Waals surface area (Å²) in [6, 6.07) is 6.39. The van der Waals surface area contributed by atoms with E-state index in [1.54, 1.807) is 0 Å². The molecule has 3 atom stereocenters. The number of halogens is 1. The van der Waals surface area contributed by atoms with Gasteiger partial charge in [0.2, 0.25) is 0 Å². The number of aromatic hydroxyl groups is 1. The summed E-state index contributed by atoms with van der Waals surface area (Å²) in [6.45, 7) is 7.93. The topological polar surface area (TPSA) is 43.7 Å². The van der Waals surface area contributed by atoms with Gasteiger partial charge in [0.25, 0.3) is 0 Å². The number of hydrogen-bond donors (Lipinski definition) is 2. The molecular formula is C26H46ClNO2. The predicted octanol–water partition coefficient (Wildman–Crippen LogP) is 6.65. The van der Waals surface area contributed by atoms with Crippen molar-refractivity contribution in [3.8, 4) is 5.75 Å². The van der Waals surface area contributed by atoms with E-state index in [1.807, 2.05) is 6.07 Å². The standard InChI is InChI=1S/C26H45NO2.ClH/c1-6-7-8-9-16-26(2,3)21-13-15-23(25(29)18-21)24-19-22(28)14-12-20(24)11-10-17-27(4)5;/h13,15,18,20,22,24,28-29H,6-12,14,16-17,19H2,1-5H3;1H/t20-,22-,24-;/m1./s1. The van der Waals surface area contributed by atoms with Crippen LogP contribution in [-0.2, 0) is 5.41 Å². The highest BCUT2D eigenvalue weighted by Crippen LogP contribution is 2.44. The van der Waals surface area contributed by atoms with Crippen molar-refractivity contribution in [1.82, 2.24) is 4.90 Å². The quantitative estimate of drug-likeness (QED) is 0.379. The van der Waals surface area contributed by atoms with Crippen molar-refractivity contribution in [2.45, 2.75) is 102 Å². The van der Waals surface area contributed by atoms with Crippen molar-refractivity contribution < 1.29 is 10.2 Å². The Kier molecular flexibility index (Phi) is 11.8. The van der Waals surface area contributed by atoms with Crippen molar-refractivity contribution in [2.24, 2.45) is 5.92 Å². The van der Waals surface area contributed by atoms with E-state index in [0.717, 1.165) is 37.8 Å². The van der Waals surface area contributed by atoms with Crippen molar-refractivity contribution in [3.05, 3.63) is 29.3 Å². The van der Waals surface area contributed by atoms with Crippen LogP contribution in [-0.4, -0.2) is 41.9 Å². The molecule has 174 valence electrons. The fraction of sp³-hybridized carbons (Fsp3) is 0.769. The Balaban J connectivity index is 0.00000450. The average molecular weight is 440 g/mol. The molecule has 2 rings (SSSR count). The molecule has 0 spiro atoms. The van der Waals surface area contributed by atoms with E-state index in [0.29, 0.717) is 11.7 Å². The minimum Gasteiger partial charge on any atom is -0.508 e. The fourth-order valence-electron chi connectivity index (χ4n) is 5.02. The van der Waals surface area contributed by atoms with Crippen LogP contribution in [0.15, 0.2) is 18.2 Å². The molecule has 3 nitrogen and oxygen atoms in total.